The van der Waals surface area contributed by atoms with Crippen molar-refractivity contribution in [2.75, 3.05) is 26.8 Å². The first-order valence-electron chi connectivity index (χ1n) is 11.9. The Morgan fingerprint density at radius 2 is 1.86 bits per heavy atom. The average molecular weight is 477 g/mol. The maximum Gasteiger partial charge on any atom is 0.272 e. The van der Waals surface area contributed by atoms with Gasteiger partial charge in [-0.2, -0.15) is 0 Å². The van der Waals surface area contributed by atoms with Crippen molar-refractivity contribution in [1.29, 1.82) is 0 Å². The van der Waals surface area contributed by atoms with Crippen LogP contribution in [0.15, 0.2) is 60.8 Å². The maximum absolute atomic E-state index is 12.9. The Balaban J connectivity index is 1.34. The summed E-state index contributed by atoms with van der Waals surface area (Å²) in [5, 5.41) is 9.68. The van der Waals surface area contributed by atoms with Crippen molar-refractivity contribution in [3.8, 4) is 17.2 Å². The number of pyridine rings is 1. The van der Waals surface area contributed by atoms with E-state index in [-0.39, 0.29) is 18.4 Å². The van der Waals surface area contributed by atoms with E-state index in [0.29, 0.717) is 49.1 Å². The molecule has 3 aromatic rings. The van der Waals surface area contributed by atoms with Gasteiger partial charge in [0.2, 0.25) is 0 Å². The van der Waals surface area contributed by atoms with Crippen LogP contribution in [0.1, 0.15) is 46.4 Å². The molecule has 2 heterocycles. The zero-order valence-electron chi connectivity index (χ0n) is 20.4. The van der Waals surface area contributed by atoms with E-state index in [2.05, 4.69) is 36.2 Å². The van der Waals surface area contributed by atoms with Crippen LogP contribution in [0.3, 0.4) is 0 Å². The molecule has 2 aromatic carbocycles. The SMILES string of the molecule is CCC(O)COc1ccnc(C(=O)N2CC(c3ccc(OCc4ccc(C)cc4)c(OC)c3)C2)c1. The van der Waals surface area contributed by atoms with Gasteiger partial charge >= 0.3 is 0 Å². The number of aliphatic hydroxyl groups is 1. The van der Waals surface area contributed by atoms with Gasteiger partial charge in [0.05, 0.1) is 13.2 Å². The first-order chi connectivity index (χ1) is 17.0. The lowest BCUT2D eigenvalue weighted by atomic mass is 9.91. The molecule has 0 radical (unpaired) electrons. The van der Waals surface area contributed by atoms with E-state index in [1.54, 1.807) is 30.3 Å². The lowest BCUT2D eigenvalue weighted by Crippen LogP contribution is -2.48. The fourth-order valence-corrected chi connectivity index (χ4v) is 3.85. The van der Waals surface area contributed by atoms with Gasteiger partial charge in [0.25, 0.3) is 5.91 Å². The predicted molar refractivity (Wildman–Crippen MR) is 133 cm³/mol. The molecular formula is C28H32N2O5. The quantitative estimate of drug-likeness (QED) is 0.468. The third kappa shape index (κ3) is 6.11. The molecule has 1 atom stereocenters. The molecule has 0 aliphatic carbocycles. The van der Waals surface area contributed by atoms with Crippen LogP contribution in [-0.2, 0) is 6.61 Å². The molecule has 184 valence electrons. The topological polar surface area (TPSA) is 81.1 Å². The van der Waals surface area contributed by atoms with Crippen LogP contribution < -0.4 is 14.2 Å². The molecule has 1 amide bonds. The largest absolute Gasteiger partial charge is 0.493 e. The molecule has 1 aliphatic rings. The van der Waals surface area contributed by atoms with Gasteiger partial charge in [0, 0.05) is 31.3 Å². The minimum atomic E-state index is -0.533. The zero-order chi connectivity index (χ0) is 24.8. The summed E-state index contributed by atoms with van der Waals surface area (Å²) in [4.78, 5) is 18.9. The van der Waals surface area contributed by atoms with Crippen LogP contribution in [0.2, 0.25) is 0 Å². The van der Waals surface area contributed by atoms with Crippen molar-refractivity contribution in [2.45, 2.75) is 38.9 Å². The highest BCUT2D eigenvalue weighted by Crippen LogP contribution is 2.35. The van der Waals surface area contributed by atoms with Crippen molar-refractivity contribution in [2.24, 2.45) is 0 Å². The van der Waals surface area contributed by atoms with Crippen molar-refractivity contribution in [3.63, 3.8) is 0 Å². The number of aryl methyl sites for hydroxylation is 1. The number of nitrogens with zero attached hydrogens (tertiary/aromatic N) is 2. The molecule has 7 nitrogen and oxygen atoms in total. The molecule has 1 aromatic heterocycles. The number of aromatic nitrogens is 1. The number of amides is 1. The molecular weight excluding hydrogens is 444 g/mol. The van der Waals surface area contributed by atoms with Crippen molar-refractivity contribution in [1.82, 2.24) is 9.88 Å². The van der Waals surface area contributed by atoms with Gasteiger partial charge in [0.1, 0.15) is 24.7 Å². The number of hydrogen-bond acceptors (Lipinski definition) is 6. The molecule has 7 heteroatoms. The highest BCUT2D eigenvalue weighted by atomic mass is 16.5. The van der Waals surface area contributed by atoms with Gasteiger partial charge in [-0.1, -0.05) is 42.8 Å². The summed E-state index contributed by atoms with van der Waals surface area (Å²) in [5.74, 6) is 1.99. The summed E-state index contributed by atoms with van der Waals surface area (Å²) < 4.78 is 17.1. The Morgan fingerprint density at radius 3 is 2.57 bits per heavy atom. The van der Waals surface area contributed by atoms with Gasteiger partial charge in [-0.3, -0.25) is 9.78 Å². The van der Waals surface area contributed by atoms with E-state index in [1.165, 1.54) is 5.56 Å². The number of benzene rings is 2. The number of carbonyl (C=O) groups is 1. The van der Waals surface area contributed by atoms with Gasteiger partial charge in [0.15, 0.2) is 11.5 Å². The van der Waals surface area contributed by atoms with Crippen LogP contribution in [0.25, 0.3) is 0 Å². The number of likely N-dealkylation sites (tertiary alicyclic amines) is 1. The summed E-state index contributed by atoms with van der Waals surface area (Å²) in [6.07, 6.45) is 1.63. The number of methoxy groups -OCH3 is 1. The van der Waals surface area contributed by atoms with Gasteiger partial charge < -0.3 is 24.2 Å². The number of ether oxygens (including phenoxy) is 3. The van der Waals surface area contributed by atoms with Crippen molar-refractivity contribution in [3.05, 3.63) is 83.2 Å². The summed E-state index contributed by atoms with van der Waals surface area (Å²) in [6, 6.07) is 17.5. The van der Waals surface area contributed by atoms with E-state index in [9.17, 15) is 9.90 Å². The smallest absolute Gasteiger partial charge is 0.272 e. The summed E-state index contributed by atoms with van der Waals surface area (Å²) in [6.45, 7) is 5.81. The molecule has 35 heavy (non-hydrogen) atoms. The zero-order valence-corrected chi connectivity index (χ0v) is 20.4. The molecule has 1 saturated heterocycles. The van der Waals surface area contributed by atoms with Gasteiger partial charge in [-0.15, -0.1) is 0 Å². The fourth-order valence-electron chi connectivity index (χ4n) is 3.85. The summed E-state index contributed by atoms with van der Waals surface area (Å²) in [5.41, 5.74) is 3.75. The van der Waals surface area contributed by atoms with Crippen LogP contribution in [0.4, 0.5) is 0 Å². The Kier molecular flexibility index (Phi) is 7.87. The molecule has 1 N–H and O–H groups in total. The first kappa shape index (κ1) is 24.5. The van der Waals surface area contributed by atoms with Gasteiger partial charge in [-0.25, -0.2) is 0 Å². The van der Waals surface area contributed by atoms with E-state index in [0.717, 1.165) is 11.1 Å². The normalized spacial score (nSPS) is 14.2. The number of aliphatic hydroxyl groups excluding tert-OH is 1. The molecule has 0 saturated carbocycles. The molecule has 0 spiro atoms. The lowest BCUT2D eigenvalue weighted by molar-refractivity contribution is 0.0595. The maximum atomic E-state index is 12.9. The van der Waals surface area contributed by atoms with E-state index < -0.39 is 6.10 Å². The fraction of sp³-hybridized carbons (Fsp3) is 0.357. The third-order valence-corrected chi connectivity index (χ3v) is 6.21. The number of carbonyl (C=O) groups excluding carboxylic acids is 1. The second kappa shape index (κ2) is 11.2. The summed E-state index contributed by atoms with van der Waals surface area (Å²) in [7, 11) is 1.63. The Bertz CT molecular complexity index is 1140. The minimum absolute atomic E-state index is 0.132. The highest BCUT2D eigenvalue weighted by Gasteiger charge is 2.33. The number of hydrogen-bond donors (Lipinski definition) is 1. The van der Waals surface area contributed by atoms with E-state index in [1.807, 2.05) is 25.1 Å². The van der Waals surface area contributed by atoms with Gasteiger partial charge in [-0.05, 0) is 42.7 Å². The molecule has 1 aliphatic heterocycles. The van der Waals surface area contributed by atoms with E-state index >= 15 is 0 Å². The van der Waals surface area contributed by atoms with Crippen LogP contribution >= 0.6 is 0 Å². The second-order valence-corrected chi connectivity index (χ2v) is 8.84. The van der Waals surface area contributed by atoms with Crippen LogP contribution in [0, 0.1) is 6.92 Å². The third-order valence-electron chi connectivity index (χ3n) is 6.21. The van der Waals surface area contributed by atoms with E-state index in [4.69, 9.17) is 14.2 Å². The molecule has 1 fully saturated rings. The van der Waals surface area contributed by atoms with Crippen LogP contribution in [-0.4, -0.2) is 53.8 Å². The molecule has 1 unspecified atom stereocenters. The first-order valence-corrected chi connectivity index (χ1v) is 11.9. The second-order valence-electron chi connectivity index (χ2n) is 8.84. The minimum Gasteiger partial charge on any atom is -0.493 e. The Hall–Kier alpha value is -3.58. The Labute approximate surface area is 206 Å². The summed E-state index contributed by atoms with van der Waals surface area (Å²) >= 11 is 0. The average Bonchev–Trinajstić information content (AvgIpc) is 2.86. The van der Waals surface area contributed by atoms with Crippen LogP contribution in [0.5, 0.6) is 17.2 Å². The standard InChI is InChI=1S/C28H32N2O5/c1-4-23(31)18-34-24-11-12-29-25(14-24)28(32)30-15-22(16-30)21-9-10-26(27(13-21)33-3)35-17-20-7-5-19(2)6-8-20/h5-14,22-23,31H,4,15-18H2,1-3H3. The van der Waals surface area contributed by atoms with Crippen molar-refractivity contribution < 1.29 is 24.1 Å². The molecule has 4 rings (SSSR count). The highest BCUT2D eigenvalue weighted by molar-refractivity contribution is 5.93. The Morgan fingerprint density at radius 1 is 1.09 bits per heavy atom. The van der Waals surface area contributed by atoms with Crippen molar-refractivity contribution >= 4 is 5.91 Å². The predicted octanol–water partition coefficient (Wildman–Crippen LogP) is 4.37. The molecule has 0 bridgehead atoms. The monoisotopic (exact) mass is 476 g/mol. The lowest BCUT2D eigenvalue weighted by Gasteiger charge is -2.39. The number of rotatable bonds is 10.